The van der Waals surface area contributed by atoms with E-state index in [0.29, 0.717) is 17.8 Å². The molecule has 0 saturated heterocycles. The van der Waals surface area contributed by atoms with E-state index in [9.17, 15) is 9.59 Å². The average Bonchev–Trinajstić information content (AvgIpc) is 2.31. The Morgan fingerprint density at radius 1 is 1.40 bits per heavy atom. The first-order chi connectivity index (χ1) is 9.42. The van der Waals surface area contributed by atoms with Gasteiger partial charge < -0.3 is 16.2 Å². The molecule has 1 aromatic carbocycles. The number of nitrogens with two attached hydrogens (primary N) is 1. The third-order valence-corrected chi connectivity index (χ3v) is 4.32. The van der Waals surface area contributed by atoms with Gasteiger partial charge in [-0.1, -0.05) is 22.4 Å². The molecular formula is C14H17BrN2O3. The summed E-state index contributed by atoms with van der Waals surface area (Å²) < 4.78 is 0.813. The molecule has 0 atom stereocenters. The first-order valence-corrected chi connectivity index (χ1v) is 7.26. The quantitative estimate of drug-likeness (QED) is 0.717. The third-order valence-electron chi connectivity index (χ3n) is 3.82. The summed E-state index contributed by atoms with van der Waals surface area (Å²) in [6, 6.07) is 5.08. The lowest BCUT2D eigenvalue weighted by molar-refractivity contribution is -0.141. The summed E-state index contributed by atoms with van der Waals surface area (Å²) in [6.07, 6.45) is 2.80. The third kappa shape index (κ3) is 3.30. The van der Waals surface area contributed by atoms with Crippen molar-refractivity contribution in [2.45, 2.75) is 25.7 Å². The first kappa shape index (κ1) is 14.8. The van der Waals surface area contributed by atoms with Crippen molar-refractivity contribution in [3.63, 3.8) is 0 Å². The monoisotopic (exact) mass is 340 g/mol. The molecule has 0 aromatic heterocycles. The van der Waals surface area contributed by atoms with Crippen LogP contribution in [-0.4, -0.2) is 23.5 Å². The van der Waals surface area contributed by atoms with Crippen LogP contribution in [0.4, 0.5) is 5.69 Å². The van der Waals surface area contributed by atoms with Crippen LogP contribution in [0.25, 0.3) is 0 Å². The number of carbonyl (C=O) groups is 2. The molecule has 0 bridgehead atoms. The minimum absolute atomic E-state index is 0.100. The van der Waals surface area contributed by atoms with E-state index in [-0.39, 0.29) is 17.7 Å². The largest absolute Gasteiger partial charge is 0.481 e. The summed E-state index contributed by atoms with van der Waals surface area (Å²) in [5.41, 5.74) is 6.33. The summed E-state index contributed by atoms with van der Waals surface area (Å²) in [7, 11) is 0. The maximum atomic E-state index is 12.1. The SMILES string of the molecule is Nc1cc(Br)ccc1C(=O)NCC1(CC(=O)O)CCC1. The molecule has 0 radical (unpaired) electrons. The van der Waals surface area contributed by atoms with E-state index >= 15 is 0 Å². The number of rotatable bonds is 5. The highest BCUT2D eigenvalue weighted by Crippen LogP contribution is 2.43. The Hall–Kier alpha value is -1.56. The Balaban J connectivity index is 1.99. The zero-order valence-electron chi connectivity index (χ0n) is 11.0. The second-order valence-electron chi connectivity index (χ2n) is 5.34. The zero-order chi connectivity index (χ0) is 14.8. The molecule has 20 heavy (non-hydrogen) atoms. The van der Waals surface area contributed by atoms with Gasteiger partial charge in [0.15, 0.2) is 0 Å². The van der Waals surface area contributed by atoms with Gasteiger partial charge in [-0.3, -0.25) is 9.59 Å². The van der Waals surface area contributed by atoms with E-state index in [1.165, 1.54) is 0 Å². The van der Waals surface area contributed by atoms with Gasteiger partial charge in [0.25, 0.3) is 5.91 Å². The molecule has 0 aliphatic heterocycles. The fourth-order valence-corrected chi connectivity index (χ4v) is 2.90. The summed E-state index contributed by atoms with van der Waals surface area (Å²) in [5.74, 6) is -1.08. The number of anilines is 1. The lowest BCUT2D eigenvalue weighted by atomic mass is 9.66. The van der Waals surface area contributed by atoms with Crippen LogP contribution in [0.2, 0.25) is 0 Å². The molecule has 108 valence electrons. The van der Waals surface area contributed by atoms with Gasteiger partial charge in [0.05, 0.1) is 12.0 Å². The number of carboxylic acid groups (broad SMARTS) is 1. The van der Waals surface area contributed by atoms with Crippen LogP contribution in [0, 0.1) is 5.41 Å². The van der Waals surface area contributed by atoms with Crippen LogP contribution in [0.3, 0.4) is 0 Å². The predicted molar refractivity (Wildman–Crippen MR) is 79.4 cm³/mol. The van der Waals surface area contributed by atoms with Gasteiger partial charge in [-0.15, -0.1) is 0 Å². The maximum Gasteiger partial charge on any atom is 0.303 e. The Bertz CT molecular complexity index is 541. The van der Waals surface area contributed by atoms with E-state index in [2.05, 4.69) is 21.2 Å². The molecule has 2 rings (SSSR count). The van der Waals surface area contributed by atoms with Gasteiger partial charge in [-0.2, -0.15) is 0 Å². The van der Waals surface area contributed by atoms with Gasteiger partial charge in [0.2, 0.25) is 0 Å². The highest BCUT2D eigenvalue weighted by molar-refractivity contribution is 9.10. The Kier molecular flexibility index (Phi) is 4.32. The predicted octanol–water partition coefficient (Wildman–Crippen LogP) is 2.41. The highest BCUT2D eigenvalue weighted by atomic mass is 79.9. The van der Waals surface area contributed by atoms with Crippen molar-refractivity contribution in [2.75, 3.05) is 12.3 Å². The normalized spacial score (nSPS) is 16.2. The van der Waals surface area contributed by atoms with Crippen molar-refractivity contribution in [2.24, 2.45) is 5.41 Å². The highest BCUT2D eigenvalue weighted by Gasteiger charge is 2.39. The number of nitrogen functional groups attached to an aromatic ring is 1. The van der Waals surface area contributed by atoms with Crippen LogP contribution in [0.5, 0.6) is 0 Å². The van der Waals surface area contributed by atoms with E-state index in [1.54, 1.807) is 18.2 Å². The number of benzene rings is 1. The minimum atomic E-state index is -0.817. The van der Waals surface area contributed by atoms with Crippen molar-refractivity contribution in [3.8, 4) is 0 Å². The van der Waals surface area contributed by atoms with Gasteiger partial charge in [0.1, 0.15) is 0 Å². The number of hydrogen-bond acceptors (Lipinski definition) is 3. The summed E-state index contributed by atoms with van der Waals surface area (Å²) in [4.78, 5) is 23.0. The van der Waals surface area contributed by atoms with Gasteiger partial charge in [-0.05, 0) is 36.5 Å². The van der Waals surface area contributed by atoms with Gasteiger partial charge in [-0.25, -0.2) is 0 Å². The number of halogens is 1. The van der Waals surface area contributed by atoms with Crippen LogP contribution < -0.4 is 11.1 Å². The van der Waals surface area contributed by atoms with Crippen molar-refractivity contribution in [1.29, 1.82) is 0 Å². The number of hydrogen-bond donors (Lipinski definition) is 3. The second-order valence-corrected chi connectivity index (χ2v) is 6.25. The molecule has 1 fully saturated rings. The van der Waals surface area contributed by atoms with Gasteiger partial charge >= 0.3 is 5.97 Å². The lowest BCUT2D eigenvalue weighted by Gasteiger charge is -2.40. The number of nitrogens with one attached hydrogen (secondary N) is 1. The molecule has 6 heteroatoms. The molecule has 1 aliphatic rings. The summed E-state index contributed by atoms with van der Waals surface area (Å²) in [6.45, 7) is 0.383. The molecule has 1 aliphatic carbocycles. The zero-order valence-corrected chi connectivity index (χ0v) is 12.6. The van der Waals surface area contributed by atoms with Crippen LogP contribution in [0.1, 0.15) is 36.0 Å². The Labute approximate surface area is 125 Å². The topological polar surface area (TPSA) is 92.4 Å². The standard InChI is InChI=1S/C14H17BrN2O3/c15-9-2-3-10(11(16)6-9)13(20)17-8-14(4-1-5-14)7-12(18)19/h2-3,6H,1,4-5,7-8,16H2,(H,17,20)(H,18,19). The number of carbonyl (C=O) groups excluding carboxylic acids is 1. The molecule has 4 N–H and O–H groups in total. The fourth-order valence-electron chi connectivity index (χ4n) is 2.52. The molecule has 0 heterocycles. The molecule has 1 aromatic rings. The minimum Gasteiger partial charge on any atom is -0.481 e. The van der Waals surface area contributed by atoms with Crippen LogP contribution in [-0.2, 0) is 4.79 Å². The molecule has 5 nitrogen and oxygen atoms in total. The number of carboxylic acids is 1. The molecule has 1 saturated carbocycles. The van der Waals surface area contributed by atoms with Crippen LogP contribution >= 0.6 is 15.9 Å². The Morgan fingerprint density at radius 2 is 2.10 bits per heavy atom. The van der Waals surface area contributed by atoms with Crippen molar-refractivity contribution in [3.05, 3.63) is 28.2 Å². The first-order valence-electron chi connectivity index (χ1n) is 6.47. The van der Waals surface area contributed by atoms with E-state index in [0.717, 1.165) is 23.7 Å². The molecular weight excluding hydrogens is 324 g/mol. The number of amides is 1. The summed E-state index contributed by atoms with van der Waals surface area (Å²) in [5, 5.41) is 11.7. The van der Waals surface area contributed by atoms with Crippen molar-refractivity contribution < 1.29 is 14.7 Å². The maximum absolute atomic E-state index is 12.1. The lowest BCUT2D eigenvalue weighted by Crippen LogP contribution is -2.43. The molecule has 0 unspecified atom stereocenters. The fraction of sp³-hybridized carbons (Fsp3) is 0.429. The molecule has 0 spiro atoms. The van der Waals surface area contributed by atoms with Gasteiger partial charge in [0, 0.05) is 16.7 Å². The second kappa shape index (κ2) is 5.83. The Morgan fingerprint density at radius 3 is 2.60 bits per heavy atom. The molecule has 1 amide bonds. The van der Waals surface area contributed by atoms with Crippen molar-refractivity contribution in [1.82, 2.24) is 5.32 Å². The van der Waals surface area contributed by atoms with E-state index < -0.39 is 5.97 Å². The van der Waals surface area contributed by atoms with Crippen LogP contribution in [0.15, 0.2) is 22.7 Å². The summed E-state index contributed by atoms with van der Waals surface area (Å²) >= 11 is 3.29. The smallest absolute Gasteiger partial charge is 0.303 e. The number of aliphatic carboxylic acids is 1. The van der Waals surface area contributed by atoms with E-state index in [4.69, 9.17) is 10.8 Å². The van der Waals surface area contributed by atoms with Crippen molar-refractivity contribution >= 4 is 33.5 Å². The average molecular weight is 341 g/mol. The van der Waals surface area contributed by atoms with E-state index in [1.807, 2.05) is 0 Å².